The largest absolute Gasteiger partial charge is 0.493 e. The van der Waals surface area contributed by atoms with Crippen molar-refractivity contribution >= 4 is 11.6 Å². The molecule has 0 aliphatic carbocycles. The van der Waals surface area contributed by atoms with Crippen molar-refractivity contribution in [2.24, 2.45) is 0 Å². The normalized spacial score (nSPS) is 14.5. The molecule has 3 heterocycles. The number of aryl methyl sites for hydroxylation is 1. The highest BCUT2D eigenvalue weighted by Crippen LogP contribution is 2.24. The summed E-state index contributed by atoms with van der Waals surface area (Å²) in [5, 5.41) is 3.30. The zero-order chi connectivity index (χ0) is 25.5. The molecule has 1 aliphatic heterocycles. The minimum atomic E-state index is 0.521. The maximum absolute atomic E-state index is 6.03. The van der Waals surface area contributed by atoms with Gasteiger partial charge in [0.1, 0.15) is 11.6 Å². The predicted molar refractivity (Wildman–Crippen MR) is 148 cm³/mol. The summed E-state index contributed by atoms with van der Waals surface area (Å²) in [7, 11) is 0. The fourth-order valence-electron chi connectivity index (χ4n) is 4.56. The van der Waals surface area contributed by atoms with Crippen molar-refractivity contribution in [3.8, 4) is 28.5 Å². The first-order valence-electron chi connectivity index (χ1n) is 13.1. The number of hydrogen-bond acceptors (Lipinski definition) is 7. The fourth-order valence-corrected chi connectivity index (χ4v) is 4.56. The first-order valence-corrected chi connectivity index (χ1v) is 13.1. The number of ether oxygens (including phenoxy) is 1. The summed E-state index contributed by atoms with van der Waals surface area (Å²) in [6, 6.07) is 18.1. The molecule has 1 fully saturated rings. The van der Waals surface area contributed by atoms with Gasteiger partial charge in [0, 0.05) is 56.2 Å². The molecule has 0 unspecified atom stereocenters. The molecule has 192 valence electrons. The number of likely N-dealkylation sites (N-methyl/N-ethyl adjacent to an activating group) is 1. The van der Waals surface area contributed by atoms with Gasteiger partial charge in [0.05, 0.1) is 24.2 Å². The van der Waals surface area contributed by atoms with Gasteiger partial charge in [-0.2, -0.15) is 0 Å². The standard InChI is InChI=1S/C29H35N7O/c1-3-35-14-16-36(17-15-35)13-6-18-37-25-10-5-9-24(20-25)32-29-30-12-11-26(34-29)27-21-31-28(33-27)23-8-4-7-22(2)19-23/h4-5,7-12,19-21H,3,6,13-18H2,1-2H3,(H,31,33)(H,30,32,34). The molecule has 1 aliphatic rings. The van der Waals surface area contributed by atoms with Crippen LogP contribution in [0.4, 0.5) is 11.6 Å². The Kier molecular flexibility index (Phi) is 8.08. The Bertz CT molecular complexity index is 1300. The second-order valence-electron chi connectivity index (χ2n) is 9.41. The number of nitrogens with zero attached hydrogens (tertiary/aromatic N) is 5. The van der Waals surface area contributed by atoms with Crippen molar-refractivity contribution in [1.29, 1.82) is 0 Å². The molecular weight excluding hydrogens is 462 g/mol. The van der Waals surface area contributed by atoms with E-state index >= 15 is 0 Å². The summed E-state index contributed by atoms with van der Waals surface area (Å²) in [5.74, 6) is 2.18. The van der Waals surface area contributed by atoms with Crippen molar-refractivity contribution in [2.45, 2.75) is 20.3 Å². The van der Waals surface area contributed by atoms with Crippen molar-refractivity contribution < 1.29 is 4.74 Å². The third kappa shape index (κ3) is 6.72. The first-order chi connectivity index (χ1) is 18.2. The molecule has 0 saturated carbocycles. The molecule has 0 amide bonds. The van der Waals surface area contributed by atoms with Crippen molar-refractivity contribution in [1.82, 2.24) is 29.7 Å². The van der Waals surface area contributed by atoms with Crippen LogP contribution in [0, 0.1) is 6.92 Å². The number of nitrogens with one attached hydrogen (secondary N) is 2. The summed E-state index contributed by atoms with van der Waals surface area (Å²) in [6.45, 7) is 11.9. The molecule has 0 bridgehead atoms. The molecule has 4 aromatic rings. The number of aromatic nitrogens is 4. The summed E-state index contributed by atoms with van der Waals surface area (Å²) in [6.07, 6.45) is 4.57. The van der Waals surface area contributed by atoms with E-state index in [2.05, 4.69) is 61.0 Å². The van der Waals surface area contributed by atoms with Gasteiger partial charge in [0.25, 0.3) is 0 Å². The summed E-state index contributed by atoms with van der Waals surface area (Å²) < 4.78 is 6.03. The zero-order valence-electron chi connectivity index (χ0n) is 21.7. The smallest absolute Gasteiger partial charge is 0.227 e. The van der Waals surface area contributed by atoms with Gasteiger partial charge in [-0.15, -0.1) is 0 Å². The monoisotopic (exact) mass is 497 g/mol. The second-order valence-corrected chi connectivity index (χ2v) is 9.41. The first kappa shape index (κ1) is 24.9. The van der Waals surface area contributed by atoms with E-state index in [0.717, 1.165) is 66.8 Å². The molecule has 37 heavy (non-hydrogen) atoms. The summed E-state index contributed by atoms with van der Waals surface area (Å²) in [5.41, 5.74) is 4.75. The highest BCUT2D eigenvalue weighted by atomic mass is 16.5. The second kappa shape index (κ2) is 12.0. The van der Waals surface area contributed by atoms with Crippen LogP contribution < -0.4 is 10.1 Å². The molecule has 5 rings (SSSR count). The van der Waals surface area contributed by atoms with Crippen LogP contribution in [0.25, 0.3) is 22.8 Å². The third-order valence-corrected chi connectivity index (χ3v) is 6.69. The summed E-state index contributed by atoms with van der Waals surface area (Å²) in [4.78, 5) is 22.0. The number of benzene rings is 2. The SMILES string of the molecule is CCN1CCN(CCCOc2cccc(Nc3nccc(-c4cnc(-c5cccc(C)c5)[nH]4)n3)c2)CC1. The lowest BCUT2D eigenvalue weighted by Crippen LogP contribution is -2.46. The van der Waals surface area contributed by atoms with Crippen LogP contribution in [0.1, 0.15) is 18.9 Å². The quantitative estimate of drug-likeness (QED) is 0.299. The lowest BCUT2D eigenvalue weighted by Gasteiger charge is -2.33. The number of anilines is 2. The van der Waals surface area contributed by atoms with E-state index in [-0.39, 0.29) is 0 Å². The number of rotatable bonds is 10. The maximum Gasteiger partial charge on any atom is 0.227 e. The number of aromatic amines is 1. The van der Waals surface area contributed by atoms with Crippen molar-refractivity contribution in [2.75, 3.05) is 51.2 Å². The van der Waals surface area contributed by atoms with E-state index in [1.807, 2.05) is 48.7 Å². The molecule has 0 radical (unpaired) electrons. The van der Waals surface area contributed by atoms with Crippen molar-refractivity contribution in [3.63, 3.8) is 0 Å². The van der Waals surface area contributed by atoms with Crippen LogP contribution in [-0.2, 0) is 0 Å². The van der Waals surface area contributed by atoms with Gasteiger partial charge >= 0.3 is 0 Å². The average molecular weight is 498 g/mol. The Labute approximate surface area is 218 Å². The molecule has 2 aromatic carbocycles. The van der Waals surface area contributed by atoms with E-state index in [1.54, 1.807) is 6.20 Å². The van der Waals surface area contributed by atoms with E-state index in [9.17, 15) is 0 Å². The molecular formula is C29H35N7O. The van der Waals surface area contributed by atoms with Gasteiger partial charge in [0.2, 0.25) is 5.95 Å². The van der Waals surface area contributed by atoms with Crippen LogP contribution in [0.2, 0.25) is 0 Å². The topological polar surface area (TPSA) is 82.2 Å². The minimum Gasteiger partial charge on any atom is -0.493 e. The van der Waals surface area contributed by atoms with Gasteiger partial charge in [0.15, 0.2) is 0 Å². The molecule has 0 atom stereocenters. The molecule has 8 heteroatoms. The lowest BCUT2D eigenvalue weighted by atomic mass is 10.1. The third-order valence-electron chi connectivity index (χ3n) is 6.69. The molecule has 0 spiro atoms. The van der Waals surface area contributed by atoms with Crippen molar-refractivity contribution in [3.05, 3.63) is 72.6 Å². The van der Waals surface area contributed by atoms with Gasteiger partial charge in [-0.05, 0) is 44.2 Å². The van der Waals surface area contributed by atoms with Crippen LogP contribution in [0.5, 0.6) is 5.75 Å². The van der Waals surface area contributed by atoms with E-state index in [4.69, 9.17) is 4.74 Å². The minimum absolute atomic E-state index is 0.521. The van der Waals surface area contributed by atoms with Crippen LogP contribution >= 0.6 is 0 Å². The van der Waals surface area contributed by atoms with Gasteiger partial charge in [-0.25, -0.2) is 15.0 Å². The number of piperazine rings is 1. The van der Waals surface area contributed by atoms with Gasteiger partial charge in [-0.3, -0.25) is 0 Å². The van der Waals surface area contributed by atoms with Gasteiger partial charge < -0.3 is 24.8 Å². The fraction of sp³-hybridized carbons (Fsp3) is 0.345. The predicted octanol–water partition coefficient (Wildman–Crippen LogP) is 4.99. The number of imidazole rings is 1. The molecule has 2 aromatic heterocycles. The Morgan fingerprint density at radius 2 is 1.81 bits per heavy atom. The Morgan fingerprint density at radius 3 is 2.65 bits per heavy atom. The summed E-state index contributed by atoms with van der Waals surface area (Å²) >= 11 is 0. The average Bonchev–Trinajstić information content (AvgIpc) is 3.43. The number of hydrogen-bond donors (Lipinski definition) is 2. The highest BCUT2D eigenvalue weighted by Gasteiger charge is 2.14. The lowest BCUT2D eigenvalue weighted by molar-refractivity contribution is 0.130. The van der Waals surface area contributed by atoms with Crippen LogP contribution in [0.3, 0.4) is 0 Å². The Balaban J connectivity index is 1.16. The Morgan fingerprint density at radius 1 is 0.973 bits per heavy atom. The maximum atomic E-state index is 6.03. The van der Waals surface area contributed by atoms with E-state index in [1.165, 1.54) is 18.7 Å². The number of H-pyrrole nitrogens is 1. The molecule has 8 nitrogen and oxygen atoms in total. The van der Waals surface area contributed by atoms with Crippen LogP contribution in [0.15, 0.2) is 67.0 Å². The van der Waals surface area contributed by atoms with E-state index < -0.39 is 0 Å². The zero-order valence-corrected chi connectivity index (χ0v) is 21.7. The molecule has 2 N–H and O–H groups in total. The molecule has 1 saturated heterocycles. The van der Waals surface area contributed by atoms with E-state index in [0.29, 0.717) is 12.6 Å². The van der Waals surface area contributed by atoms with Crippen LogP contribution in [-0.4, -0.2) is 75.6 Å². The Hall–Kier alpha value is -3.75. The van der Waals surface area contributed by atoms with Gasteiger partial charge in [-0.1, -0.05) is 36.8 Å². The highest BCUT2D eigenvalue weighted by molar-refractivity contribution is 5.64.